The summed E-state index contributed by atoms with van der Waals surface area (Å²) in [6, 6.07) is 13.5. The van der Waals surface area contributed by atoms with Gasteiger partial charge in [0.2, 0.25) is 11.8 Å². The van der Waals surface area contributed by atoms with Gasteiger partial charge in [-0.05, 0) is 47.7 Å². The molecule has 2 heterocycles. The number of carboxylic acid groups (broad SMARTS) is 1. The van der Waals surface area contributed by atoms with Crippen LogP contribution in [0.25, 0.3) is 11.1 Å². The molecule has 168 valence electrons. The highest BCUT2D eigenvalue weighted by molar-refractivity contribution is 5.94. The van der Waals surface area contributed by atoms with E-state index in [-0.39, 0.29) is 23.9 Å². The summed E-state index contributed by atoms with van der Waals surface area (Å²) in [7, 11) is 0. The molecule has 2 aliphatic heterocycles. The molecule has 4 rings (SSSR count). The van der Waals surface area contributed by atoms with Gasteiger partial charge in [0.15, 0.2) is 0 Å². The van der Waals surface area contributed by atoms with E-state index in [1.54, 1.807) is 4.90 Å². The maximum atomic E-state index is 12.2. The lowest BCUT2D eigenvalue weighted by Crippen LogP contribution is -2.47. The number of nitrogens with one attached hydrogen (secondary N) is 2. The van der Waals surface area contributed by atoms with Gasteiger partial charge in [-0.2, -0.15) is 0 Å². The van der Waals surface area contributed by atoms with E-state index in [0.29, 0.717) is 26.1 Å². The molecule has 0 aromatic heterocycles. The number of nitrogens with zero attached hydrogens (tertiary/aromatic N) is 2. The van der Waals surface area contributed by atoms with Crippen LogP contribution >= 0.6 is 0 Å². The number of hydrogen-bond donors (Lipinski definition) is 3. The van der Waals surface area contributed by atoms with Gasteiger partial charge in [-0.15, -0.1) is 0 Å². The van der Waals surface area contributed by atoms with E-state index in [4.69, 9.17) is 0 Å². The SMILES string of the molecule is CC(=O)N1c2ccc(-c3ccc(CN4CCNC(=O)C4)cc3)cc2[C@@H](NC(=O)O)C[C@H]1C. The fourth-order valence-electron chi connectivity index (χ4n) is 4.70. The quantitative estimate of drug-likeness (QED) is 0.684. The zero-order valence-electron chi connectivity index (χ0n) is 18.3. The number of carbonyl (C=O) groups excluding carboxylic acids is 2. The Morgan fingerprint density at radius 2 is 1.88 bits per heavy atom. The Kier molecular flexibility index (Phi) is 6.14. The summed E-state index contributed by atoms with van der Waals surface area (Å²) in [5.41, 5.74) is 4.65. The Morgan fingerprint density at radius 1 is 1.16 bits per heavy atom. The summed E-state index contributed by atoms with van der Waals surface area (Å²) < 4.78 is 0. The summed E-state index contributed by atoms with van der Waals surface area (Å²) in [5.74, 6) is -0.00333. The summed E-state index contributed by atoms with van der Waals surface area (Å²) >= 11 is 0. The van der Waals surface area contributed by atoms with Gasteiger partial charge in [0.25, 0.3) is 0 Å². The van der Waals surface area contributed by atoms with E-state index in [9.17, 15) is 19.5 Å². The van der Waals surface area contributed by atoms with Crippen molar-refractivity contribution in [1.82, 2.24) is 15.5 Å². The van der Waals surface area contributed by atoms with Crippen LogP contribution in [0.3, 0.4) is 0 Å². The normalized spacial score (nSPS) is 20.9. The Balaban J connectivity index is 1.60. The molecule has 3 amide bonds. The molecule has 0 radical (unpaired) electrons. The maximum absolute atomic E-state index is 12.2. The maximum Gasteiger partial charge on any atom is 0.405 e. The molecule has 0 bridgehead atoms. The van der Waals surface area contributed by atoms with E-state index in [2.05, 4.69) is 27.7 Å². The van der Waals surface area contributed by atoms with E-state index in [1.807, 2.05) is 37.3 Å². The molecular weight excluding hydrogens is 408 g/mol. The number of rotatable bonds is 4. The van der Waals surface area contributed by atoms with Gasteiger partial charge in [0, 0.05) is 38.3 Å². The molecule has 0 spiro atoms. The molecule has 3 N–H and O–H groups in total. The summed E-state index contributed by atoms with van der Waals surface area (Å²) in [6.07, 6.45) is -0.560. The third-order valence-electron chi connectivity index (χ3n) is 6.13. The summed E-state index contributed by atoms with van der Waals surface area (Å²) in [6.45, 7) is 6.10. The largest absolute Gasteiger partial charge is 0.465 e. The van der Waals surface area contributed by atoms with Crippen molar-refractivity contribution in [2.75, 3.05) is 24.5 Å². The molecule has 0 unspecified atom stereocenters. The average molecular weight is 437 g/mol. The first kappa shape index (κ1) is 21.8. The lowest BCUT2D eigenvalue weighted by Gasteiger charge is -2.39. The lowest BCUT2D eigenvalue weighted by atomic mass is 9.89. The molecule has 2 aromatic rings. The minimum Gasteiger partial charge on any atom is -0.465 e. The van der Waals surface area contributed by atoms with Crippen LogP contribution in [0.2, 0.25) is 0 Å². The second-order valence-corrected chi connectivity index (χ2v) is 8.51. The standard InChI is InChI=1S/C24H28N4O4/c1-15-11-21(26-24(31)32)20-12-19(7-8-22(20)28(15)16(2)29)18-5-3-17(4-6-18)13-27-10-9-25-23(30)14-27/h3-8,12,15,21,26H,9-11,13-14H2,1-2H3,(H,25,30)(H,31,32)/t15-,21+/m1/s1. The molecule has 0 saturated carbocycles. The van der Waals surface area contributed by atoms with Crippen molar-refractivity contribution in [2.24, 2.45) is 0 Å². The van der Waals surface area contributed by atoms with Crippen molar-refractivity contribution >= 4 is 23.6 Å². The lowest BCUT2D eigenvalue weighted by molar-refractivity contribution is -0.124. The molecule has 32 heavy (non-hydrogen) atoms. The molecule has 8 nitrogen and oxygen atoms in total. The molecule has 1 saturated heterocycles. The van der Waals surface area contributed by atoms with E-state index in [1.165, 1.54) is 6.92 Å². The highest BCUT2D eigenvalue weighted by atomic mass is 16.4. The number of hydrogen-bond acceptors (Lipinski definition) is 4. The van der Waals surface area contributed by atoms with Gasteiger partial charge in [0.05, 0.1) is 12.6 Å². The van der Waals surface area contributed by atoms with Crippen molar-refractivity contribution in [1.29, 1.82) is 0 Å². The second-order valence-electron chi connectivity index (χ2n) is 8.51. The van der Waals surface area contributed by atoms with Gasteiger partial charge in [-0.3, -0.25) is 14.5 Å². The molecule has 8 heteroatoms. The first-order valence-electron chi connectivity index (χ1n) is 10.8. The molecule has 2 aromatic carbocycles. The first-order chi connectivity index (χ1) is 15.3. The Labute approximate surface area is 187 Å². The van der Waals surface area contributed by atoms with Crippen LogP contribution < -0.4 is 15.5 Å². The highest BCUT2D eigenvalue weighted by Gasteiger charge is 2.33. The summed E-state index contributed by atoms with van der Waals surface area (Å²) in [4.78, 5) is 39.0. The number of carbonyl (C=O) groups is 3. The number of piperazine rings is 1. The van der Waals surface area contributed by atoms with E-state index < -0.39 is 6.09 Å². The van der Waals surface area contributed by atoms with Crippen LogP contribution in [0, 0.1) is 0 Å². The number of benzene rings is 2. The van der Waals surface area contributed by atoms with E-state index in [0.717, 1.165) is 34.5 Å². The minimum atomic E-state index is -1.08. The molecule has 0 aliphatic carbocycles. The molecule has 1 fully saturated rings. The molecule has 2 atom stereocenters. The van der Waals surface area contributed by atoms with Gasteiger partial charge in [-0.1, -0.05) is 30.3 Å². The average Bonchev–Trinajstić information content (AvgIpc) is 2.73. The number of amides is 3. The zero-order chi connectivity index (χ0) is 22.8. The van der Waals surface area contributed by atoms with Crippen LogP contribution in [0.5, 0.6) is 0 Å². The third-order valence-corrected chi connectivity index (χ3v) is 6.13. The van der Waals surface area contributed by atoms with E-state index >= 15 is 0 Å². The predicted molar refractivity (Wildman–Crippen MR) is 121 cm³/mol. The second kappa shape index (κ2) is 9.00. The van der Waals surface area contributed by atoms with Crippen LogP contribution in [-0.4, -0.2) is 53.6 Å². The van der Waals surface area contributed by atoms with Gasteiger partial charge >= 0.3 is 6.09 Å². The first-order valence-corrected chi connectivity index (χ1v) is 10.8. The zero-order valence-corrected chi connectivity index (χ0v) is 18.3. The van der Waals surface area contributed by atoms with Crippen LogP contribution in [-0.2, 0) is 16.1 Å². The van der Waals surface area contributed by atoms with Crippen molar-refractivity contribution in [3.63, 3.8) is 0 Å². The number of fused-ring (bicyclic) bond motifs is 1. The molecule has 2 aliphatic rings. The smallest absolute Gasteiger partial charge is 0.405 e. The predicted octanol–water partition coefficient (Wildman–Crippen LogP) is 2.74. The topological polar surface area (TPSA) is 102 Å². The van der Waals surface area contributed by atoms with Crippen molar-refractivity contribution < 1.29 is 19.5 Å². The van der Waals surface area contributed by atoms with Gasteiger partial charge < -0.3 is 20.6 Å². The van der Waals surface area contributed by atoms with Crippen LogP contribution in [0.15, 0.2) is 42.5 Å². The van der Waals surface area contributed by atoms with Crippen molar-refractivity contribution in [3.05, 3.63) is 53.6 Å². The van der Waals surface area contributed by atoms with Gasteiger partial charge in [-0.25, -0.2) is 4.79 Å². The Morgan fingerprint density at radius 3 is 2.53 bits per heavy atom. The van der Waals surface area contributed by atoms with Crippen molar-refractivity contribution in [3.8, 4) is 11.1 Å². The number of anilines is 1. The Bertz CT molecular complexity index is 1040. The fraction of sp³-hybridized carbons (Fsp3) is 0.375. The van der Waals surface area contributed by atoms with Crippen LogP contribution in [0.4, 0.5) is 10.5 Å². The third kappa shape index (κ3) is 4.60. The van der Waals surface area contributed by atoms with Gasteiger partial charge in [0.1, 0.15) is 0 Å². The fourth-order valence-corrected chi connectivity index (χ4v) is 4.70. The Hall–Kier alpha value is -3.39. The summed E-state index contributed by atoms with van der Waals surface area (Å²) in [5, 5.41) is 14.7. The monoisotopic (exact) mass is 436 g/mol. The minimum absolute atomic E-state index is 0.0559. The molecular formula is C24H28N4O4. The highest BCUT2D eigenvalue weighted by Crippen LogP contribution is 2.39. The van der Waals surface area contributed by atoms with Crippen LogP contribution in [0.1, 0.15) is 37.4 Å². The van der Waals surface area contributed by atoms with Crippen molar-refractivity contribution in [2.45, 2.75) is 38.9 Å².